The van der Waals surface area contributed by atoms with Gasteiger partial charge in [0, 0.05) is 29.6 Å². The Bertz CT molecular complexity index is 487. The van der Waals surface area contributed by atoms with Crippen LogP contribution < -0.4 is 0 Å². The zero-order valence-corrected chi connectivity index (χ0v) is 13.7. The van der Waals surface area contributed by atoms with Gasteiger partial charge in [-0.1, -0.05) is 30.1 Å². The topological polar surface area (TPSA) is 40.5 Å². The largest absolute Gasteiger partial charge is 0.481 e. The first-order chi connectivity index (χ1) is 9.94. The van der Waals surface area contributed by atoms with Gasteiger partial charge in [0.05, 0.1) is 0 Å². The third kappa shape index (κ3) is 5.17. The fraction of sp³-hybridized carbons (Fsp3) is 0.562. The molecule has 116 valence electrons. The molecule has 1 aliphatic heterocycles. The number of carboxylic acid groups (broad SMARTS) is 1. The number of likely N-dealkylation sites (tertiary alicyclic amines) is 1. The lowest BCUT2D eigenvalue weighted by Gasteiger charge is -2.35. The molecule has 0 bridgehead atoms. The van der Waals surface area contributed by atoms with E-state index >= 15 is 0 Å². The molecule has 2 rings (SSSR count). The van der Waals surface area contributed by atoms with Crippen molar-refractivity contribution in [1.82, 2.24) is 4.90 Å². The molecule has 0 spiro atoms. The van der Waals surface area contributed by atoms with E-state index in [9.17, 15) is 4.79 Å². The summed E-state index contributed by atoms with van der Waals surface area (Å²) in [6, 6.07) is 5.62. The molecule has 1 heterocycles. The minimum Gasteiger partial charge on any atom is -0.481 e. The van der Waals surface area contributed by atoms with Gasteiger partial charge in [-0.25, -0.2) is 0 Å². The average molecular weight is 330 g/mol. The number of rotatable bonds is 5. The lowest BCUT2D eigenvalue weighted by atomic mass is 9.84. The number of halogens is 2. The van der Waals surface area contributed by atoms with Gasteiger partial charge in [-0.2, -0.15) is 0 Å². The number of piperidine rings is 1. The molecule has 2 atom stereocenters. The SMILES string of the molecule is CC(CC(=O)O)C1CCCN(Cc2cc(Cl)cc(Cl)c2)C1. The summed E-state index contributed by atoms with van der Waals surface area (Å²) in [7, 11) is 0. The van der Waals surface area contributed by atoms with Crippen LogP contribution in [0.15, 0.2) is 18.2 Å². The van der Waals surface area contributed by atoms with Gasteiger partial charge in [0.1, 0.15) is 0 Å². The van der Waals surface area contributed by atoms with Crippen LogP contribution in [0, 0.1) is 11.8 Å². The van der Waals surface area contributed by atoms with E-state index in [1.54, 1.807) is 6.07 Å². The molecule has 21 heavy (non-hydrogen) atoms. The Hall–Kier alpha value is -0.770. The molecule has 0 saturated carbocycles. The van der Waals surface area contributed by atoms with Crippen LogP contribution >= 0.6 is 23.2 Å². The minimum absolute atomic E-state index is 0.216. The van der Waals surface area contributed by atoms with Crippen molar-refractivity contribution in [2.75, 3.05) is 13.1 Å². The molecule has 1 aliphatic rings. The molecular formula is C16H21Cl2NO2. The van der Waals surface area contributed by atoms with Crippen LogP contribution in [0.2, 0.25) is 10.0 Å². The molecule has 1 saturated heterocycles. The molecule has 1 aromatic rings. The second kappa shape index (κ2) is 7.48. The molecule has 0 aliphatic carbocycles. The Balaban J connectivity index is 1.96. The maximum absolute atomic E-state index is 10.9. The van der Waals surface area contributed by atoms with Crippen molar-refractivity contribution in [3.63, 3.8) is 0 Å². The summed E-state index contributed by atoms with van der Waals surface area (Å²) in [5, 5.41) is 10.2. The zero-order chi connectivity index (χ0) is 15.4. The van der Waals surface area contributed by atoms with Crippen molar-refractivity contribution < 1.29 is 9.90 Å². The van der Waals surface area contributed by atoms with Crippen LogP contribution in [-0.2, 0) is 11.3 Å². The van der Waals surface area contributed by atoms with Crippen LogP contribution in [0.4, 0.5) is 0 Å². The minimum atomic E-state index is -0.707. The van der Waals surface area contributed by atoms with Crippen molar-refractivity contribution in [3.05, 3.63) is 33.8 Å². The molecule has 0 radical (unpaired) electrons. The first-order valence-corrected chi connectivity index (χ1v) is 8.08. The number of aliphatic carboxylic acids is 1. The van der Waals surface area contributed by atoms with Crippen LogP contribution in [0.25, 0.3) is 0 Å². The van der Waals surface area contributed by atoms with Gasteiger partial charge >= 0.3 is 5.97 Å². The molecular weight excluding hydrogens is 309 g/mol. The summed E-state index contributed by atoms with van der Waals surface area (Å²) in [4.78, 5) is 13.2. The molecule has 0 aromatic heterocycles. The van der Waals surface area contributed by atoms with Crippen molar-refractivity contribution in [3.8, 4) is 0 Å². The van der Waals surface area contributed by atoms with E-state index in [4.69, 9.17) is 28.3 Å². The van der Waals surface area contributed by atoms with E-state index in [1.807, 2.05) is 19.1 Å². The van der Waals surface area contributed by atoms with E-state index in [-0.39, 0.29) is 12.3 Å². The zero-order valence-electron chi connectivity index (χ0n) is 12.2. The Morgan fingerprint density at radius 1 is 1.38 bits per heavy atom. The van der Waals surface area contributed by atoms with Gasteiger partial charge in [0.15, 0.2) is 0 Å². The Kier molecular flexibility index (Phi) is 5.91. The second-order valence-corrected chi connectivity index (χ2v) is 6.86. The fourth-order valence-electron chi connectivity index (χ4n) is 3.10. The molecule has 1 fully saturated rings. The predicted molar refractivity (Wildman–Crippen MR) is 85.9 cm³/mol. The van der Waals surface area contributed by atoms with Crippen LogP contribution in [0.5, 0.6) is 0 Å². The van der Waals surface area contributed by atoms with Crippen molar-refractivity contribution >= 4 is 29.2 Å². The smallest absolute Gasteiger partial charge is 0.303 e. The quantitative estimate of drug-likeness (QED) is 0.874. The molecule has 5 heteroatoms. The molecule has 3 nitrogen and oxygen atoms in total. The van der Waals surface area contributed by atoms with Gasteiger partial charge in [-0.15, -0.1) is 0 Å². The monoisotopic (exact) mass is 329 g/mol. The normalized spacial score (nSPS) is 21.2. The lowest BCUT2D eigenvalue weighted by Crippen LogP contribution is -2.37. The summed E-state index contributed by atoms with van der Waals surface area (Å²) in [6.07, 6.45) is 2.48. The first-order valence-electron chi connectivity index (χ1n) is 7.33. The van der Waals surface area contributed by atoms with Crippen LogP contribution in [0.3, 0.4) is 0 Å². The van der Waals surface area contributed by atoms with E-state index < -0.39 is 5.97 Å². The summed E-state index contributed by atoms with van der Waals surface area (Å²) in [5.41, 5.74) is 1.11. The van der Waals surface area contributed by atoms with Crippen LogP contribution in [0.1, 0.15) is 31.7 Å². The lowest BCUT2D eigenvalue weighted by molar-refractivity contribution is -0.138. The number of carboxylic acids is 1. The number of carbonyl (C=O) groups is 1. The van der Waals surface area contributed by atoms with E-state index in [0.29, 0.717) is 16.0 Å². The standard InChI is InChI=1S/C16H21Cl2NO2/c1-11(5-16(20)21)13-3-2-4-19(10-13)9-12-6-14(17)8-15(18)7-12/h6-8,11,13H,2-5,9-10H2,1H3,(H,20,21). The molecule has 0 amide bonds. The van der Waals surface area contributed by atoms with Gasteiger partial charge < -0.3 is 5.11 Å². The van der Waals surface area contributed by atoms with Gasteiger partial charge in [-0.3, -0.25) is 9.69 Å². The fourth-order valence-corrected chi connectivity index (χ4v) is 3.67. The Labute approximate surface area is 135 Å². The summed E-state index contributed by atoms with van der Waals surface area (Å²) in [6.45, 7) is 4.84. The highest BCUT2D eigenvalue weighted by atomic mass is 35.5. The second-order valence-electron chi connectivity index (χ2n) is 5.99. The molecule has 1 N–H and O–H groups in total. The van der Waals surface area contributed by atoms with E-state index in [2.05, 4.69) is 4.90 Å². The van der Waals surface area contributed by atoms with Gasteiger partial charge in [-0.05, 0) is 55.0 Å². The van der Waals surface area contributed by atoms with Gasteiger partial charge in [0.25, 0.3) is 0 Å². The van der Waals surface area contributed by atoms with E-state index in [0.717, 1.165) is 38.0 Å². The number of nitrogens with zero attached hydrogens (tertiary/aromatic N) is 1. The highest BCUT2D eigenvalue weighted by Gasteiger charge is 2.26. The highest BCUT2D eigenvalue weighted by molar-refractivity contribution is 6.34. The van der Waals surface area contributed by atoms with Gasteiger partial charge in [0.2, 0.25) is 0 Å². The molecule has 2 unspecified atom stereocenters. The Morgan fingerprint density at radius 3 is 2.67 bits per heavy atom. The number of benzene rings is 1. The third-order valence-corrected chi connectivity index (χ3v) is 4.61. The predicted octanol–water partition coefficient (Wildman–Crippen LogP) is 4.32. The Morgan fingerprint density at radius 2 is 2.05 bits per heavy atom. The average Bonchev–Trinajstić information content (AvgIpc) is 2.37. The maximum atomic E-state index is 10.9. The number of hydrogen-bond acceptors (Lipinski definition) is 2. The first kappa shape index (κ1) is 16.6. The summed E-state index contributed by atoms with van der Waals surface area (Å²) in [5.74, 6) is -0.0426. The van der Waals surface area contributed by atoms with E-state index in [1.165, 1.54) is 0 Å². The summed E-state index contributed by atoms with van der Waals surface area (Å²) >= 11 is 12.1. The highest BCUT2D eigenvalue weighted by Crippen LogP contribution is 2.28. The summed E-state index contributed by atoms with van der Waals surface area (Å²) < 4.78 is 0. The van der Waals surface area contributed by atoms with Crippen LogP contribution in [-0.4, -0.2) is 29.1 Å². The van der Waals surface area contributed by atoms with Crippen molar-refractivity contribution in [1.29, 1.82) is 0 Å². The van der Waals surface area contributed by atoms with Crippen molar-refractivity contribution in [2.45, 2.75) is 32.7 Å². The maximum Gasteiger partial charge on any atom is 0.303 e. The number of hydrogen-bond donors (Lipinski definition) is 1. The molecule has 1 aromatic carbocycles. The van der Waals surface area contributed by atoms with Crippen molar-refractivity contribution in [2.24, 2.45) is 11.8 Å². The third-order valence-electron chi connectivity index (χ3n) is 4.17.